The van der Waals surface area contributed by atoms with Crippen LogP contribution in [0.4, 0.5) is 11.4 Å². The zero-order chi connectivity index (χ0) is 26.5. The smallest absolute Gasteiger partial charge is 0.271 e. The summed E-state index contributed by atoms with van der Waals surface area (Å²) in [5.41, 5.74) is 3.39. The number of halogens is 2. The maximum Gasteiger partial charge on any atom is 0.271 e. The number of aliphatic imine (C=N–C) groups is 1. The minimum atomic E-state index is -0.129. The Hall–Kier alpha value is -3.33. The second-order valence-electron chi connectivity index (χ2n) is 8.25. The van der Waals surface area contributed by atoms with Crippen LogP contribution in [0.15, 0.2) is 116 Å². The largest absolute Gasteiger partial charge is 0.493 e. The van der Waals surface area contributed by atoms with Gasteiger partial charge < -0.3 is 9.47 Å². The van der Waals surface area contributed by atoms with Gasteiger partial charge in [0.15, 0.2) is 16.7 Å². The summed E-state index contributed by atoms with van der Waals surface area (Å²) < 4.78 is 13.6. The van der Waals surface area contributed by atoms with Crippen LogP contribution in [-0.2, 0) is 11.4 Å². The molecule has 5 rings (SSSR count). The van der Waals surface area contributed by atoms with Crippen LogP contribution in [0.2, 0.25) is 0 Å². The Morgan fingerprint density at radius 2 is 1.63 bits per heavy atom. The van der Waals surface area contributed by atoms with Gasteiger partial charge in [0.1, 0.15) is 6.61 Å². The van der Waals surface area contributed by atoms with Crippen LogP contribution in [0.5, 0.6) is 11.5 Å². The van der Waals surface area contributed by atoms with E-state index < -0.39 is 0 Å². The quantitative estimate of drug-likeness (QED) is 0.188. The lowest BCUT2D eigenvalue weighted by atomic mass is 10.1. The third-order valence-corrected chi connectivity index (χ3v) is 7.89. The number of carbonyl (C=O) groups excluding carboxylic acids is 1. The highest BCUT2D eigenvalue weighted by molar-refractivity contribution is 9.11. The number of anilines is 1. The van der Waals surface area contributed by atoms with Crippen molar-refractivity contribution >= 4 is 72.1 Å². The number of amidine groups is 1. The van der Waals surface area contributed by atoms with Gasteiger partial charge in [0.25, 0.3) is 5.91 Å². The van der Waals surface area contributed by atoms with Gasteiger partial charge in [-0.25, -0.2) is 4.99 Å². The molecule has 190 valence electrons. The molecule has 0 unspecified atom stereocenters. The van der Waals surface area contributed by atoms with Gasteiger partial charge in [0.05, 0.1) is 23.4 Å². The third-order valence-electron chi connectivity index (χ3n) is 5.69. The van der Waals surface area contributed by atoms with E-state index >= 15 is 0 Å². The lowest BCUT2D eigenvalue weighted by Gasteiger charge is -2.15. The maximum atomic E-state index is 13.5. The van der Waals surface area contributed by atoms with Gasteiger partial charge in [-0.2, -0.15) is 0 Å². The fraction of sp³-hybridized carbons (Fsp3) is 0.0667. The Kier molecular flexibility index (Phi) is 8.32. The number of nitrogens with zero attached hydrogens (tertiary/aromatic N) is 2. The number of rotatable bonds is 7. The first-order valence-electron chi connectivity index (χ1n) is 11.7. The number of amides is 1. The van der Waals surface area contributed by atoms with Crippen molar-refractivity contribution in [3.8, 4) is 11.5 Å². The molecule has 1 aliphatic heterocycles. The highest BCUT2D eigenvalue weighted by Gasteiger charge is 2.34. The van der Waals surface area contributed by atoms with Crippen molar-refractivity contribution in [1.82, 2.24) is 0 Å². The van der Waals surface area contributed by atoms with Gasteiger partial charge in [-0.05, 0) is 71.9 Å². The second kappa shape index (κ2) is 12.0. The van der Waals surface area contributed by atoms with Gasteiger partial charge in [-0.15, -0.1) is 0 Å². The molecule has 1 heterocycles. The molecule has 1 fully saturated rings. The Morgan fingerprint density at radius 3 is 2.34 bits per heavy atom. The summed E-state index contributed by atoms with van der Waals surface area (Å²) >= 11 is 8.39. The summed E-state index contributed by atoms with van der Waals surface area (Å²) in [5, 5.41) is 0.602. The Balaban J connectivity index is 1.42. The van der Waals surface area contributed by atoms with E-state index in [0.717, 1.165) is 31.4 Å². The molecule has 0 aromatic heterocycles. The van der Waals surface area contributed by atoms with Crippen LogP contribution < -0.4 is 14.4 Å². The lowest BCUT2D eigenvalue weighted by molar-refractivity contribution is -0.113. The first-order chi connectivity index (χ1) is 18.5. The molecule has 4 aromatic carbocycles. The third kappa shape index (κ3) is 6.04. The molecule has 1 aliphatic rings. The summed E-state index contributed by atoms with van der Waals surface area (Å²) in [6.07, 6.45) is 1.86. The van der Waals surface area contributed by atoms with Crippen molar-refractivity contribution in [2.24, 2.45) is 4.99 Å². The van der Waals surface area contributed by atoms with Crippen molar-refractivity contribution in [3.05, 3.63) is 122 Å². The van der Waals surface area contributed by atoms with E-state index in [1.807, 2.05) is 103 Å². The van der Waals surface area contributed by atoms with E-state index in [1.165, 1.54) is 11.8 Å². The van der Waals surface area contributed by atoms with Crippen LogP contribution >= 0.6 is 43.6 Å². The fourth-order valence-corrected chi connectivity index (χ4v) is 5.97. The number of para-hydroxylation sites is 2. The number of carbonyl (C=O) groups is 1. The van der Waals surface area contributed by atoms with Gasteiger partial charge in [0, 0.05) is 14.5 Å². The van der Waals surface area contributed by atoms with E-state index in [-0.39, 0.29) is 5.91 Å². The van der Waals surface area contributed by atoms with Gasteiger partial charge in [-0.3, -0.25) is 9.69 Å². The molecule has 1 saturated heterocycles. The van der Waals surface area contributed by atoms with Crippen LogP contribution in [0.3, 0.4) is 0 Å². The average Bonchev–Trinajstić information content (AvgIpc) is 3.23. The molecule has 38 heavy (non-hydrogen) atoms. The predicted molar refractivity (Wildman–Crippen MR) is 162 cm³/mol. The standard InChI is InChI=1S/C30H22Br2N2O3S/c1-36-27-16-20(12-15-26(27)37-19-21-13-14-22(31)18-25(21)32)17-28-29(35)34(24-10-6-3-7-11-24)30(38-28)33-23-8-4-2-5-9-23/h2-18H,19H2,1H3/b28-17-,33-30?. The van der Waals surface area contributed by atoms with E-state index in [4.69, 9.17) is 14.5 Å². The van der Waals surface area contributed by atoms with Crippen LogP contribution in [-0.4, -0.2) is 18.2 Å². The topological polar surface area (TPSA) is 51.1 Å². The number of methoxy groups -OCH3 is 1. The summed E-state index contributed by atoms with van der Waals surface area (Å²) in [5.74, 6) is 1.07. The summed E-state index contributed by atoms with van der Waals surface area (Å²) in [7, 11) is 1.60. The number of hydrogen-bond donors (Lipinski definition) is 0. The van der Waals surface area contributed by atoms with Crippen molar-refractivity contribution in [1.29, 1.82) is 0 Å². The van der Waals surface area contributed by atoms with E-state index in [9.17, 15) is 4.79 Å². The van der Waals surface area contributed by atoms with E-state index in [1.54, 1.807) is 12.0 Å². The van der Waals surface area contributed by atoms with Crippen LogP contribution in [0, 0.1) is 0 Å². The van der Waals surface area contributed by atoms with Gasteiger partial charge >= 0.3 is 0 Å². The molecule has 0 N–H and O–H groups in total. The SMILES string of the molecule is COc1cc(/C=C2\SC(=Nc3ccccc3)N(c3ccccc3)C2=O)ccc1OCc1ccc(Br)cc1Br. The monoisotopic (exact) mass is 648 g/mol. The number of thioether (sulfide) groups is 1. The number of ether oxygens (including phenoxy) is 2. The molecular formula is C30H22Br2N2O3S. The highest BCUT2D eigenvalue weighted by Crippen LogP contribution is 2.38. The summed E-state index contributed by atoms with van der Waals surface area (Å²) in [4.78, 5) is 20.5. The van der Waals surface area contributed by atoms with Crippen molar-refractivity contribution < 1.29 is 14.3 Å². The average molecular weight is 650 g/mol. The molecule has 0 spiro atoms. The molecule has 0 atom stereocenters. The Bertz CT molecular complexity index is 1530. The lowest BCUT2D eigenvalue weighted by Crippen LogP contribution is -2.28. The Labute approximate surface area is 242 Å². The molecule has 4 aromatic rings. The van der Waals surface area contributed by atoms with Crippen molar-refractivity contribution in [2.75, 3.05) is 12.0 Å². The zero-order valence-corrected chi connectivity index (χ0v) is 24.3. The van der Waals surface area contributed by atoms with Crippen molar-refractivity contribution in [3.63, 3.8) is 0 Å². The fourth-order valence-electron chi connectivity index (χ4n) is 3.81. The number of benzene rings is 4. The highest BCUT2D eigenvalue weighted by atomic mass is 79.9. The van der Waals surface area contributed by atoms with Crippen molar-refractivity contribution in [2.45, 2.75) is 6.61 Å². The molecule has 5 nitrogen and oxygen atoms in total. The normalized spacial score (nSPS) is 15.3. The van der Waals surface area contributed by atoms with Gasteiger partial charge in [0.2, 0.25) is 0 Å². The predicted octanol–water partition coefficient (Wildman–Crippen LogP) is 8.61. The van der Waals surface area contributed by atoms with E-state index in [2.05, 4.69) is 31.9 Å². The number of hydrogen-bond acceptors (Lipinski definition) is 5. The summed E-state index contributed by atoms with van der Waals surface area (Å²) in [6, 6.07) is 30.8. The first kappa shape index (κ1) is 26.3. The minimum Gasteiger partial charge on any atom is -0.493 e. The molecular weight excluding hydrogens is 628 g/mol. The molecule has 0 bridgehead atoms. The van der Waals surface area contributed by atoms with Crippen LogP contribution in [0.1, 0.15) is 11.1 Å². The Morgan fingerprint density at radius 1 is 0.895 bits per heavy atom. The second-order valence-corrected chi connectivity index (χ2v) is 11.0. The molecule has 0 radical (unpaired) electrons. The molecule has 8 heteroatoms. The first-order valence-corrected chi connectivity index (χ1v) is 14.1. The van der Waals surface area contributed by atoms with Gasteiger partial charge in [-0.1, -0.05) is 80.4 Å². The molecule has 0 aliphatic carbocycles. The zero-order valence-electron chi connectivity index (χ0n) is 20.3. The van der Waals surface area contributed by atoms with Crippen LogP contribution in [0.25, 0.3) is 6.08 Å². The molecule has 1 amide bonds. The molecule has 0 saturated carbocycles. The van der Waals surface area contributed by atoms with E-state index in [0.29, 0.717) is 28.2 Å². The summed E-state index contributed by atoms with van der Waals surface area (Å²) in [6.45, 7) is 0.379. The minimum absolute atomic E-state index is 0.129. The maximum absolute atomic E-state index is 13.5.